The second kappa shape index (κ2) is 8.04. The third kappa shape index (κ3) is 3.96. The second-order valence-electron chi connectivity index (χ2n) is 7.81. The van der Waals surface area contributed by atoms with E-state index in [0.29, 0.717) is 15.9 Å². The summed E-state index contributed by atoms with van der Waals surface area (Å²) < 4.78 is 0. The molecule has 0 atom stereocenters. The number of benzene rings is 2. The highest BCUT2D eigenvalue weighted by Crippen LogP contribution is 2.28. The van der Waals surface area contributed by atoms with Crippen LogP contribution in [-0.4, -0.2) is 50.9 Å². The fourth-order valence-corrected chi connectivity index (χ4v) is 4.69. The number of fused-ring (bicyclic) bond motifs is 2. The molecule has 0 saturated carbocycles. The number of nitrogens with zero attached hydrogens (tertiary/aromatic N) is 4. The molecule has 8 heteroatoms. The van der Waals surface area contributed by atoms with E-state index in [1.807, 2.05) is 12.1 Å². The number of halogens is 2. The lowest BCUT2D eigenvalue weighted by Gasteiger charge is -2.34. The average molecular weight is 441 g/mol. The smallest absolute Gasteiger partial charge is 0.134 e. The van der Waals surface area contributed by atoms with Crippen LogP contribution in [0, 0.1) is 0 Å². The van der Waals surface area contributed by atoms with E-state index in [9.17, 15) is 0 Å². The van der Waals surface area contributed by atoms with Crippen molar-refractivity contribution in [1.29, 1.82) is 0 Å². The largest absolute Gasteiger partial charge is 0.383 e. The van der Waals surface area contributed by atoms with Gasteiger partial charge in [-0.1, -0.05) is 29.3 Å². The van der Waals surface area contributed by atoms with Crippen LogP contribution in [0.15, 0.2) is 42.7 Å². The Labute approximate surface area is 184 Å². The molecular formula is C22H22Cl2N6. The van der Waals surface area contributed by atoms with Crippen LogP contribution in [-0.2, 0) is 13.1 Å². The monoisotopic (exact) mass is 440 g/mol. The summed E-state index contributed by atoms with van der Waals surface area (Å²) in [6.07, 6.45) is 1.52. The van der Waals surface area contributed by atoms with E-state index in [4.69, 9.17) is 28.9 Å². The molecule has 1 aliphatic heterocycles. The third-order valence-corrected chi connectivity index (χ3v) is 6.21. The highest BCUT2D eigenvalue weighted by Gasteiger charge is 2.18. The average Bonchev–Trinajstić information content (AvgIpc) is 3.12. The molecule has 0 spiro atoms. The van der Waals surface area contributed by atoms with Crippen LogP contribution in [0.5, 0.6) is 0 Å². The van der Waals surface area contributed by atoms with E-state index in [-0.39, 0.29) is 0 Å². The number of H-pyrrole nitrogens is 1. The zero-order valence-electron chi connectivity index (χ0n) is 16.4. The minimum Gasteiger partial charge on any atom is -0.383 e. The van der Waals surface area contributed by atoms with Gasteiger partial charge >= 0.3 is 0 Å². The lowest BCUT2D eigenvalue weighted by Crippen LogP contribution is -2.45. The molecule has 3 N–H and O–H groups in total. The molecule has 30 heavy (non-hydrogen) atoms. The van der Waals surface area contributed by atoms with Crippen molar-refractivity contribution in [1.82, 2.24) is 24.8 Å². The van der Waals surface area contributed by atoms with Crippen LogP contribution in [0.2, 0.25) is 10.0 Å². The molecule has 6 nitrogen and oxygen atoms in total. The van der Waals surface area contributed by atoms with Crippen molar-refractivity contribution in [2.24, 2.45) is 0 Å². The quantitative estimate of drug-likeness (QED) is 0.494. The van der Waals surface area contributed by atoms with Gasteiger partial charge in [0.15, 0.2) is 0 Å². The molecule has 3 heterocycles. The van der Waals surface area contributed by atoms with E-state index in [0.717, 1.165) is 66.8 Å². The maximum Gasteiger partial charge on any atom is 0.134 e. The summed E-state index contributed by atoms with van der Waals surface area (Å²) in [5, 5.41) is 3.29. The van der Waals surface area contributed by atoms with Crippen LogP contribution in [0.4, 0.5) is 5.82 Å². The summed E-state index contributed by atoms with van der Waals surface area (Å²) in [6.45, 7) is 5.88. The zero-order chi connectivity index (χ0) is 20.7. The van der Waals surface area contributed by atoms with Gasteiger partial charge < -0.3 is 10.7 Å². The van der Waals surface area contributed by atoms with Crippen LogP contribution < -0.4 is 5.73 Å². The topological polar surface area (TPSA) is 74.1 Å². The molecule has 5 rings (SSSR count). The number of anilines is 1. The standard InChI is InChI=1S/C22H22Cl2N6/c23-16-8-15-9-17(28-21(15)19(24)10-16)12-30-5-3-29(4-6-30)11-14-1-2-18-20(7-14)26-13-27-22(18)25/h1-2,7-10,13,28H,3-6,11-12H2,(H2,25,26,27). The molecule has 0 unspecified atom stereocenters. The summed E-state index contributed by atoms with van der Waals surface area (Å²) in [5.74, 6) is 0.528. The van der Waals surface area contributed by atoms with Crippen molar-refractivity contribution < 1.29 is 0 Å². The Balaban J connectivity index is 1.21. The first-order valence-corrected chi connectivity index (χ1v) is 10.7. The maximum absolute atomic E-state index is 6.31. The highest BCUT2D eigenvalue weighted by atomic mass is 35.5. The minimum atomic E-state index is 0.528. The number of hydrogen-bond acceptors (Lipinski definition) is 5. The zero-order valence-corrected chi connectivity index (χ0v) is 17.9. The molecule has 0 amide bonds. The van der Waals surface area contributed by atoms with Crippen LogP contribution in [0.3, 0.4) is 0 Å². The number of nitrogens with one attached hydrogen (secondary N) is 1. The summed E-state index contributed by atoms with van der Waals surface area (Å²) in [7, 11) is 0. The van der Waals surface area contributed by atoms with E-state index < -0.39 is 0 Å². The van der Waals surface area contributed by atoms with Crippen molar-refractivity contribution in [3.8, 4) is 0 Å². The Morgan fingerprint density at radius 2 is 1.70 bits per heavy atom. The lowest BCUT2D eigenvalue weighted by molar-refractivity contribution is 0.121. The molecule has 1 aliphatic rings. The highest BCUT2D eigenvalue weighted by molar-refractivity contribution is 6.38. The summed E-state index contributed by atoms with van der Waals surface area (Å²) >= 11 is 12.4. The third-order valence-electron chi connectivity index (χ3n) is 5.70. The first kappa shape index (κ1) is 19.6. The van der Waals surface area contributed by atoms with Crippen LogP contribution in [0.25, 0.3) is 21.8 Å². The number of aromatic amines is 1. The molecule has 2 aromatic heterocycles. The van der Waals surface area contributed by atoms with Crippen LogP contribution >= 0.6 is 23.2 Å². The SMILES string of the molecule is Nc1ncnc2cc(CN3CCN(Cc4cc5cc(Cl)cc(Cl)c5[nH]4)CC3)ccc12. The van der Waals surface area contributed by atoms with E-state index >= 15 is 0 Å². The fourth-order valence-electron chi connectivity index (χ4n) is 4.14. The Kier molecular flexibility index (Phi) is 5.25. The predicted octanol–water partition coefficient (Wildman–Crippen LogP) is 4.32. The second-order valence-corrected chi connectivity index (χ2v) is 8.65. The molecule has 1 saturated heterocycles. The van der Waals surface area contributed by atoms with Gasteiger partial charge in [-0.3, -0.25) is 9.80 Å². The van der Waals surface area contributed by atoms with Gasteiger partial charge in [0, 0.05) is 60.8 Å². The Morgan fingerprint density at radius 1 is 0.933 bits per heavy atom. The summed E-state index contributed by atoms with van der Waals surface area (Å²) in [6, 6.07) is 12.1. The summed E-state index contributed by atoms with van der Waals surface area (Å²) in [4.78, 5) is 16.8. The Bertz CT molecular complexity index is 1210. The van der Waals surface area contributed by atoms with E-state index in [1.54, 1.807) is 6.07 Å². The Hall–Kier alpha value is -2.38. The molecule has 2 aromatic carbocycles. The first-order valence-electron chi connectivity index (χ1n) is 9.95. The number of piperazine rings is 1. The first-order chi connectivity index (χ1) is 14.5. The normalized spacial score (nSPS) is 15.9. The molecule has 1 fully saturated rings. The van der Waals surface area contributed by atoms with Gasteiger partial charge in [0.2, 0.25) is 0 Å². The number of rotatable bonds is 4. The molecule has 0 radical (unpaired) electrons. The van der Waals surface area contributed by atoms with Gasteiger partial charge in [0.05, 0.1) is 16.1 Å². The van der Waals surface area contributed by atoms with Gasteiger partial charge in [0.1, 0.15) is 12.1 Å². The van der Waals surface area contributed by atoms with Gasteiger partial charge in [-0.2, -0.15) is 0 Å². The molecular weight excluding hydrogens is 419 g/mol. The predicted molar refractivity (Wildman–Crippen MR) is 123 cm³/mol. The van der Waals surface area contributed by atoms with Gasteiger partial charge in [-0.25, -0.2) is 9.97 Å². The van der Waals surface area contributed by atoms with E-state index in [2.05, 4.69) is 43.0 Å². The number of nitrogen functional groups attached to an aromatic ring is 1. The van der Waals surface area contributed by atoms with Gasteiger partial charge in [-0.15, -0.1) is 0 Å². The van der Waals surface area contributed by atoms with Crippen molar-refractivity contribution in [2.45, 2.75) is 13.1 Å². The van der Waals surface area contributed by atoms with Crippen LogP contribution in [0.1, 0.15) is 11.3 Å². The van der Waals surface area contributed by atoms with Gasteiger partial charge in [-0.05, 0) is 35.9 Å². The molecule has 0 aliphatic carbocycles. The molecule has 0 bridgehead atoms. The molecule has 154 valence electrons. The van der Waals surface area contributed by atoms with Gasteiger partial charge in [0.25, 0.3) is 0 Å². The number of aromatic nitrogens is 3. The lowest BCUT2D eigenvalue weighted by atomic mass is 10.1. The summed E-state index contributed by atoms with van der Waals surface area (Å²) in [5.41, 5.74) is 10.2. The fraction of sp³-hybridized carbons (Fsp3) is 0.273. The van der Waals surface area contributed by atoms with E-state index in [1.165, 1.54) is 11.9 Å². The van der Waals surface area contributed by atoms with Crippen molar-refractivity contribution in [3.63, 3.8) is 0 Å². The van der Waals surface area contributed by atoms with Crippen molar-refractivity contribution >= 4 is 50.8 Å². The molecule has 4 aromatic rings. The van der Waals surface area contributed by atoms with Crippen molar-refractivity contribution in [2.75, 3.05) is 31.9 Å². The minimum absolute atomic E-state index is 0.528. The van der Waals surface area contributed by atoms with Crippen molar-refractivity contribution in [3.05, 3.63) is 64.0 Å². The number of nitrogens with two attached hydrogens (primary N) is 1. The maximum atomic E-state index is 6.31. The Morgan fingerprint density at radius 3 is 2.50 bits per heavy atom. The number of hydrogen-bond donors (Lipinski definition) is 2.